The first kappa shape index (κ1) is 28.2. The van der Waals surface area contributed by atoms with Gasteiger partial charge in [-0.1, -0.05) is 133 Å². The Bertz CT molecular complexity index is 2710. The second kappa shape index (κ2) is 10.7. The summed E-state index contributed by atoms with van der Waals surface area (Å²) in [7, 11) is 0. The lowest BCUT2D eigenvalue weighted by atomic mass is 9.70. The van der Waals surface area contributed by atoms with Crippen molar-refractivity contribution >= 4 is 38.9 Å². The molecule has 0 saturated heterocycles. The molecule has 9 aromatic rings. The lowest BCUT2D eigenvalue weighted by molar-refractivity contribution is 0.794. The summed E-state index contributed by atoms with van der Waals surface area (Å²) in [6, 6.07) is 71.3. The van der Waals surface area contributed by atoms with E-state index in [0.29, 0.717) is 0 Å². The van der Waals surface area contributed by atoms with Gasteiger partial charge in [-0.25, -0.2) is 0 Å². The molecule has 0 saturated carbocycles. The van der Waals surface area contributed by atoms with Gasteiger partial charge in [0.2, 0.25) is 0 Å². The van der Waals surface area contributed by atoms with E-state index in [-0.39, 0.29) is 5.41 Å². The Morgan fingerprint density at radius 3 is 1.35 bits per heavy atom. The average Bonchev–Trinajstić information content (AvgIpc) is 3.81. The maximum atomic E-state index is 2.42. The third-order valence-corrected chi connectivity index (χ3v) is 11.2. The third-order valence-electron chi connectivity index (χ3n) is 11.2. The second-order valence-electron chi connectivity index (χ2n) is 13.7. The summed E-state index contributed by atoms with van der Waals surface area (Å²) in [4.78, 5) is 2.39. The summed E-state index contributed by atoms with van der Waals surface area (Å²) in [5, 5.41) is 2.54. The number of rotatable bonds is 4. The van der Waals surface area contributed by atoms with Crippen molar-refractivity contribution in [2.75, 3.05) is 4.90 Å². The van der Waals surface area contributed by atoms with Gasteiger partial charge in [0.25, 0.3) is 0 Å². The van der Waals surface area contributed by atoms with E-state index >= 15 is 0 Å². The molecule has 8 aromatic carbocycles. The maximum Gasteiger partial charge on any atom is 0.0725 e. The van der Waals surface area contributed by atoms with E-state index in [1.165, 1.54) is 66.3 Å². The van der Waals surface area contributed by atoms with Crippen LogP contribution in [0.2, 0.25) is 0 Å². The molecule has 0 fully saturated rings. The van der Waals surface area contributed by atoms with Gasteiger partial charge < -0.3 is 9.47 Å². The van der Waals surface area contributed by atoms with Gasteiger partial charge in [-0.3, -0.25) is 0 Å². The summed E-state index contributed by atoms with van der Waals surface area (Å²) >= 11 is 0. The van der Waals surface area contributed by atoms with Gasteiger partial charge in [-0.15, -0.1) is 0 Å². The van der Waals surface area contributed by atoms with Crippen molar-refractivity contribution in [1.29, 1.82) is 0 Å². The number of hydrogen-bond donors (Lipinski definition) is 0. The highest BCUT2D eigenvalue weighted by Crippen LogP contribution is 2.63. The summed E-state index contributed by atoms with van der Waals surface area (Å²) in [6.07, 6.45) is 0. The molecule has 2 heteroatoms. The van der Waals surface area contributed by atoms with Crippen molar-refractivity contribution in [1.82, 2.24) is 4.57 Å². The Morgan fingerprint density at radius 1 is 0.333 bits per heavy atom. The summed E-state index contributed by atoms with van der Waals surface area (Å²) < 4.78 is 2.38. The zero-order valence-electron chi connectivity index (χ0n) is 27.9. The summed E-state index contributed by atoms with van der Waals surface area (Å²) in [5.41, 5.74) is 17.3. The number of nitrogens with zero attached hydrogens (tertiary/aromatic N) is 2. The van der Waals surface area contributed by atoms with Gasteiger partial charge in [0.1, 0.15) is 0 Å². The van der Waals surface area contributed by atoms with E-state index in [1.54, 1.807) is 0 Å². The summed E-state index contributed by atoms with van der Waals surface area (Å²) in [6.45, 7) is 0. The molecular weight excluding hydrogens is 617 g/mol. The quantitative estimate of drug-likeness (QED) is 0.184. The number of anilines is 3. The van der Waals surface area contributed by atoms with Crippen LogP contribution < -0.4 is 4.90 Å². The second-order valence-corrected chi connectivity index (χ2v) is 13.7. The molecule has 0 unspecified atom stereocenters. The number of hydrogen-bond acceptors (Lipinski definition) is 1. The molecule has 1 spiro atoms. The van der Waals surface area contributed by atoms with Crippen molar-refractivity contribution in [3.8, 4) is 27.9 Å². The Balaban J connectivity index is 1.10. The van der Waals surface area contributed by atoms with Crippen LogP contribution in [0.5, 0.6) is 0 Å². The molecule has 0 bridgehead atoms. The molecule has 0 aliphatic heterocycles. The van der Waals surface area contributed by atoms with Crippen LogP contribution in [0, 0.1) is 0 Å². The largest absolute Gasteiger partial charge is 0.310 e. The Morgan fingerprint density at radius 2 is 0.765 bits per heavy atom. The first-order valence-corrected chi connectivity index (χ1v) is 17.7. The Hall–Kier alpha value is -6.64. The van der Waals surface area contributed by atoms with E-state index in [1.807, 2.05) is 0 Å². The van der Waals surface area contributed by atoms with Gasteiger partial charge in [-0.2, -0.15) is 0 Å². The van der Waals surface area contributed by atoms with Crippen LogP contribution in [-0.2, 0) is 5.41 Å². The zero-order chi connectivity index (χ0) is 33.5. The summed E-state index contributed by atoms with van der Waals surface area (Å²) in [5.74, 6) is 0. The number of aromatic nitrogens is 1. The van der Waals surface area contributed by atoms with Crippen LogP contribution >= 0.6 is 0 Å². The molecule has 0 radical (unpaired) electrons. The topological polar surface area (TPSA) is 8.17 Å². The van der Waals surface area contributed by atoms with Gasteiger partial charge in [0, 0.05) is 33.5 Å². The predicted octanol–water partition coefficient (Wildman–Crippen LogP) is 12.6. The predicted molar refractivity (Wildman–Crippen MR) is 212 cm³/mol. The van der Waals surface area contributed by atoms with Crippen molar-refractivity contribution < 1.29 is 0 Å². The van der Waals surface area contributed by atoms with Crippen LogP contribution in [0.3, 0.4) is 0 Å². The lowest BCUT2D eigenvalue weighted by Crippen LogP contribution is -2.25. The van der Waals surface area contributed by atoms with Crippen LogP contribution in [0.15, 0.2) is 194 Å². The Labute approximate surface area is 297 Å². The van der Waals surface area contributed by atoms with Crippen molar-refractivity contribution in [2.24, 2.45) is 0 Å². The molecule has 0 N–H and O–H groups in total. The highest BCUT2D eigenvalue weighted by Gasteiger charge is 2.51. The number of para-hydroxylation sites is 3. The molecule has 2 aliphatic rings. The normalized spacial score (nSPS) is 13.3. The molecule has 2 nitrogen and oxygen atoms in total. The van der Waals surface area contributed by atoms with Crippen LogP contribution in [0.1, 0.15) is 22.3 Å². The van der Waals surface area contributed by atoms with E-state index in [0.717, 1.165) is 22.7 Å². The van der Waals surface area contributed by atoms with E-state index in [2.05, 4.69) is 204 Å². The fourth-order valence-corrected chi connectivity index (χ4v) is 9.20. The fraction of sp³-hybridized carbons (Fsp3) is 0.0204. The highest BCUT2D eigenvalue weighted by atomic mass is 15.1. The SMILES string of the molecule is c1ccc(N(c2ccc(-n3c4ccccc4c4ccccc43)cc2)c2ccc3c(c2)-c2ccccc2C32c3ccccc3-c3ccccc32)cc1. The Kier molecular flexibility index (Phi) is 5.91. The number of fused-ring (bicyclic) bond motifs is 13. The minimum Gasteiger partial charge on any atom is -0.310 e. The van der Waals surface area contributed by atoms with Gasteiger partial charge >= 0.3 is 0 Å². The monoisotopic (exact) mass is 648 g/mol. The smallest absolute Gasteiger partial charge is 0.0725 e. The van der Waals surface area contributed by atoms with E-state index < -0.39 is 0 Å². The van der Waals surface area contributed by atoms with Crippen molar-refractivity contribution in [3.05, 3.63) is 216 Å². The van der Waals surface area contributed by atoms with Gasteiger partial charge in [-0.05, 0) is 105 Å². The highest BCUT2D eigenvalue weighted by molar-refractivity contribution is 6.09. The molecule has 2 aliphatic carbocycles. The van der Waals surface area contributed by atoms with Gasteiger partial charge in [0.05, 0.1) is 16.4 Å². The zero-order valence-corrected chi connectivity index (χ0v) is 27.9. The molecule has 1 heterocycles. The van der Waals surface area contributed by atoms with Crippen molar-refractivity contribution in [2.45, 2.75) is 5.41 Å². The van der Waals surface area contributed by atoms with Crippen molar-refractivity contribution in [3.63, 3.8) is 0 Å². The molecular formula is C49H32N2. The first-order chi connectivity index (χ1) is 25.3. The molecule has 0 atom stereocenters. The van der Waals surface area contributed by atoms with E-state index in [4.69, 9.17) is 0 Å². The molecule has 51 heavy (non-hydrogen) atoms. The minimum atomic E-state index is -0.348. The van der Waals surface area contributed by atoms with Crippen LogP contribution in [0.25, 0.3) is 49.7 Å². The maximum absolute atomic E-state index is 2.42. The molecule has 11 rings (SSSR count). The van der Waals surface area contributed by atoms with Gasteiger partial charge in [0.15, 0.2) is 0 Å². The minimum absolute atomic E-state index is 0.348. The molecule has 0 amide bonds. The average molecular weight is 649 g/mol. The number of benzene rings is 8. The third kappa shape index (κ3) is 3.82. The lowest BCUT2D eigenvalue weighted by Gasteiger charge is -2.31. The molecule has 1 aromatic heterocycles. The fourth-order valence-electron chi connectivity index (χ4n) is 9.20. The van der Waals surface area contributed by atoms with Crippen LogP contribution in [0.4, 0.5) is 17.1 Å². The van der Waals surface area contributed by atoms with E-state index in [9.17, 15) is 0 Å². The standard InChI is InChI=1S/C49H32N2/c1-2-14-33(15-3-1)50(34-26-28-35(29-27-34)51-47-24-12-7-19-40(47)41-20-8-13-25-48(41)51)36-30-31-46-42(32-36)39-18-6-11-23-45(39)49(46)43-21-9-4-16-37(43)38-17-5-10-22-44(38)49/h1-32H. The first-order valence-electron chi connectivity index (χ1n) is 17.7. The van der Waals surface area contributed by atoms with Crippen LogP contribution in [-0.4, -0.2) is 4.57 Å². The molecule has 238 valence electrons.